The Morgan fingerprint density at radius 3 is 2.13 bits per heavy atom. The normalized spacial score (nSPS) is 8.20. The molecule has 0 saturated heterocycles. The van der Waals surface area contributed by atoms with Gasteiger partial charge in [0, 0.05) is 34.4 Å². The van der Waals surface area contributed by atoms with Crippen molar-refractivity contribution in [1.29, 1.82) is 0 Å². The number of hydrogen-bond donors (Lipinski definition) is 3. The van der Waals surface area contributed by atoms with Crippen molar-refractivity contribution >= 4 is 0 Å². The van der Waals surface area contributed by atoms with Crippen molar-refractivity contribution in [2.75, 3.05) is 0 Å². The van der Waals surface area contributed by atoms with Gasteiger partial charge in [0.1, 0.15) is 5.75 Å². The van der Waals surface area contributed by atoms with E-state index >= 15 is 0 Å². The van der Waals surface area contributed by atoms with Crippen LogP contribution >= 0.6 is 0 Å². The molecule has 3 N–H and O–H groups in total. The molecule has 0 amide bonds. The molecular weight excluding hydrogens is 245 g/mol. The average Bonchev–Trinajstić information content (AvgIpc) is 2.09. The predicted molar refractivity (Wildman–Crippen MR) is 43.9 cm³/mol. The van der Waals surface area contributed by atoms with Crippen LogP contribution in [0.15, 0.2) is 6.20 Å². The van der Waals surface area contributed by atoms with Crippen LogP contribution < -0.4 is 0 Å². The van der Waals surface area contributed by atoms with Crippen LogP contribution in [-0.2, 0) is 41.2 Å². The van der Waals surface area contributed by atoms with Gasteiger partial charge in [0.2, 0.25) is 0 Å². The zero-order valence-electron chi connectivity index (χ0n) is 7.97. The number of aromatic nitrogens is 1. The van der Waals surface area contributed by atoms with E-state index in [1.807, 2.05) is 0 Å². The molecule has 1 radical (unpaired) electrons. The summed E-state index contributed by atoms with van der Waals surface area (Å²) >= 11 is 0. The second-order valence-electron chi connectivity index (χ2n) is 2.51. The summed E-state index contributed by atoms with van der Waals surface area (Å²) in [5.41, 5.74) is 1.27. The Hall–Kier alpha value is -0.691. The fourth-order valence-corrected chi connectivity index (χ4v) is 0.997. The molecule has 0 aliphatic heterocycles. The minimum Gasteiger partial charge on any atom is -2.00 e. The molecule has 7 heteroatoms. The molecule has 1 aromatic rings. The van der Waals surface area contributed by atoms with E-state index in [0.29, 0.717) is 16.8 Å². The Kier molecular flexibility index (Phi) is 11.4. The molecule has 0 unspecified atom stereocenters. The van der Waals surface area contributed by atoms with Crippen molar-refractivity contribution in [2.45, 2.75) is 20.1 Å². The maximum Gasteiger partial charge on any atom is 0.142 e. The first kappa shape index (κ1) is 19.8. The summed E-state index contributed by atoms with van der Waals surface area (Å²) in [6.45, 7) is 1.12. The molecule has 0 spiro atoms. The first-order valence-electron chi connectivity index (χ1n) is 3.58. The molecule has 1 rings (SSSR count). The van der Waals surface area contributed by atoms with Gasteiger partial charge in [0.15, 0.2) is 0 Å². The van der Waals surface area contributed by atoms with Crippen molar-refractivity contribution in [1.82, 2.24) is 4.98 Å². The topological polar surface area (TPSA) is 131 Å². The number of rotatable bonds is 2. The minimum atomic E-state index is -0.287. The van der Waals surface area contributed by atoms with Crippen molar-refractivity contribution in [3.63, 3.8) is 0 Å². The summed E-state index contributed by atoms with van der Waals surface area (Å²) in [5.74, 6) is -0.0379. The van der Waals surface area contributed by atoms with Gasteiger partial charge < -0.3 is 26.3 Å². The van der Waals surface area contributed by atoms with Crippen LogP contribution in [0, 0.1) is 6.92 Å². The molecule has 1 heterocycles. The quantitative estimate of drug-likeness (QED) is 0.634. The van der Waals surface area contributed by atoms with Crippen LogP contribution in [0.2, 0.25) is 0 Å². The second kappa shape index (κ2) is 8.60. The van der Waals surface area contributed by atoms with Gasteiger partial charge in [0.25, 0.3) is 0 Å². The predicted octanol–water partition coefficient (Wildman–Crippen LogP) is -0.160. The summed E-state index contributed by atoms with van der Waals surface area (Å²) < 4.78 is 0. The molecule has 1 aromatic heterocycles. The molecule has 15 heavy (non-hydrogen) atoms. The van der Waals surface area contributed by atoms with Gasteiger partial charge in [-0.3, -0.25) is 4.98 Å². The molecule has 0 aliphatic rings. The van der Waals surface area contributed by atoms with E-state index in [0.717, 1.165) is 0 Å². The van der Waals surface area contributed by atoms with Crippen LogP contribution in [0.5, 0.6) is 5.75 Å². The van der Waals surface area contributed by atoms with Crippen LogP contribution in [-0.4, -0.2) is 20.3 Å². The van der Waals surface area contributed by atoms with Gasteiger partial charge in [0.05, 0.1) is 18.9 Å². The fraction of sp³-hybridized carbons (Fsp3) is 0.375. The van der Waals surface area contributed by atoms with E-state index in [2.05, 4.69) is 4.98 Å². The first-order valence-corrected chi connectivity index (χ1v) is 3.58. The Labute approximate surface area is 97.7 Å². The molecule has 0 fully saturated rings. The zero-order valence-corrected chi connectivity index (χ0v) is 9.16. The van der Waals surface area contributed by atoms with E-state index in [1.54, 1.807) is 6.92 Å². The molecular formula is C8H11MnNO5-4. The van der Waals surface area contributed by atoms with Gasteiger partial charge in [-0.25, -0.2) is 0 Å². The minimum absolute atomic E-state index is 0. The maximum absolute atomic E-state index is 9.38. The summed E-state index contributed by atoms with van der Waals surface area (Å²) in [5, 5.41) is 27.0. The van der Waals surface area contributed by atoms with Gasteiger partial charge in [-0.1, -0.05) is 0 Å². The van der Waals surface area contributed by atoms with Crippen molar-refractivity contribution in [3.05, 3.63) is 23.0 Å². The number of aryl methyl sites for hydroxylation is 1. The molecule has 0 aromatic carbocycles. The molecule has 0 bridgehead atoms. The van der Waals surface area contributed by atoms with Gasteiger partial charge in [-0.05, 0) is 6.92 Å². The summed E-state index contributed by atoms with van der Waals surface area (Å²) in [6, 6.07) is 0. The van der Waals surface area contributed by atoms with E-state index < -0.39 is 0 Å². The standard InChI is InChI=1S/C8H11NO3.Mn.2O/c1-5-8(12)7(4-11)6(3-10)2-9-5;;;/h2,10-12H,3-4H2,1H3;;;/q;;2*-2. The van der Waals surface area contributed by atoms with Crippen molar-refractivity contribution < 1.29 is 43.3 Å². The van der Waals surface area contributed by atoms with Crippen LogP contribution in [0.4, 0.5) is 0 Å². The maximum atomic E-state index is 9.38. The Morgan fingerprint density at radius 2 is 1.73 bits per heavy atom. The zero-order chi connectivity index (χ0) is 9.14. The average molecular weight is 256 g/mol. The number of aromatic hydroxyl groups is 1. The molecule has 0 saturated carbocycles. The Balaban J connectivity index is -0.000000480. The van der Waals surface area contributed by atoms with E-state index in [9.17, 15) is 5.11 Å². The third kappa shape index (κ3) is 4.13. The summed E-state index contributed by atoms with van der Waals surface area (Å²) in [6.07, 6.45) is 1.45. The van der Waals surface area contributed by atoms with Crippen LogP contribution in [0.1, 0.15) is 16.8 Å². The molecule has 0 atom stereocenters. The van der Waals surface area contributed by atoms with Crippen LogP contribution in [0.3, 0.4) is 0 Å². The third-order valence-corrected chi connectivity index (χ3v) is 1.76. The van der Waals surface area contributed by atoms with Crippen LogP contribution in [0.25, 0.3) is 0 Å². The molecule has 89 valence electrons. The number of aliphatic hydroxyl groups is 2. The van der Waals surface area contributed by atoms with Gasteiger partial charge in [-0.2, -0.15) is 0 Å². The Morgan fingerprint density at radius 1 is 1.20 bits per heavy atom. The van der Waals surface area contributed by atoms with E-state index in [-0.39, 0.29) is 47.0 Å². The number of pyridine rings is 1. The second-order valence-corrected chi connectivity index (χ2v) is 2.51. The number of hydrogen-bond acceptors (Lipinski definition) is 4. The van der Waals surface area contributed by atoms with Crippen molar-refractivity contribution in [2.24, 2.45) is 0 Å². The Bertz CT molecular complexity index is 295. The SMILES string of the molecule is Cc1ncc(CO)c(CO)c1O.[Mn].[O-2].[O-2]. The molecule has 6 nitrogen and oxygen atoms in total. The summed E-state index contributed by atoms with van der Waals surface area (Å²) in [4.78, 5) is 3.84. The number of nitrogens with zero attached hydrogens (tertiary/aromatic N) is 1. The summed E-state index contributed by atoms with van der Waals surface area (Å²) in [7, 11) is 0. The monoisotopic (exact) mass is 256 g/mol. The number of aliphatic hydroxyl groups excluding tert-OH is 2. The largest absolute Gasteiger partial charge is 2.00 e. The molecule has 0 aliphatic carbocycles. The smallest absolute Gasteiger partial charge is 0.142 e. The first-order chi connectivity index (χ1) is 5.70. The van der Waals surface area contributed by atoms with Gasteiger partial charge in [-0.15, -0.1) is 0 Å². The van der Waals surface area contributed by atoms with E-state index in [1.165, 1.54) is 6.20 Å². The third-order valence-electron chi connectivity index (χ3n) is 1.76. The van der Waals surface area contributed by atoms with Crippen molar-refractivity contribution in [3.8, 4) is 5.75 Å². The van der Waals surface area contributed by atoms with E-state index in [4.69, 9.17) is 10.2 Å². The fourth-order valence-electron chi connectivity index (χ4n) is 0.997. The van der Waals surface area contributed by atoms with Gasteiger partial charge >= 0.3 is 0 Å².